The minimum atomic E-state index is -2.82. The molecule has 1 aliphatic carbocycles. The maximum atomic E-state index is 12.5. The lowest BCUT2D eigenvalue weighted by Gasteiger charge is -2.57. The lowest BCUT2D eigenvalue weighted by molar-refractivity contribution is -0.559. The quantitative estimate of drug-likeness (QED) is 0.389. The minimum absolute atomic E-state index is 0.0919. The molecule has 1 saturated carbocycles. The van der Waals surface area contributed by atoms with Gasteiger partial charge in [0.25, 0.3) is 0 Å². The highest BCUT2D eigenvalue weighted by molar-refractivity contribution is 5.74. The highest BCUT2D eigenvalue weighted by atomic mass is 17.3. The van der Waals surface area contributed by atoms with Gasteiger partial charge < -0.3 is 9.47 Å². The van der Waals surface area contributed by atoms with Crippen molar-refractivity contribution in [1.29, 1.82) is 0 Å². The number of hydrogen-bond acceptors (Lipinski definition) is 5. The lowest BCUT2D eigenvalue weighted by atomic mass is 9.59. The molecule has 112 valence electrons. The molecule has 5 heteroatoms. The molecule has 5 nitrogen and oxygen atoms in total. The van der Waals surface area contributed by atoms with Gasteiger partial charge in [-0.1, -0.05) is 13.8 Å². The summed E-state index contributed by atoms with van der Waals surface area (Å²) in [6.07, 6.45) is 1.34. The molecule has 0 N–H and O–H groups in total. The molecule has 5 fully saturated rings. The van der Waals surface area contributed by atoms with E-state index in [1.165, 1.54) is 0 Å². The van der Waals surface area contributed by atoms with Crippen LogP contribution in [0.5, 0.6) is 0 Å². The molecule has 4 saturated heterocycles. The van der Waals surface area contributed by atoms with Gasteiger partial charge >= 0.3 is 5.97 Å². The van der Waals surface area contributed by atoms with E-state index < -0.39 is 42.3 Å². The molecule has 0 amide bonds. The van der Waals surface area contributed by atoms with E-state index in [1.54, 1.807) is 6.92 Å². The van der Waals surface area contributed by atoms with Crippen molar-refractivity contribution < 1.29 is 29.5 Å². The van der Waals surface area contributed by atoms with Crippen LogP contribution in [0.3, 0.4) is 0 Å². The van der Waals surface area contributed by atoms with E-state index in [2.05, 4.69) is 6.92 Å². The summed E-state index contributed by atoms with van der Waals surface area (Å²) in [4.78, 5) is 23.8. The van der Waals surface area contributed by atoms with Gasteiger partial charge in [-0.05, 0) is 32.1 Å². The molecule has 0 aromatic heterocycles. The summed E-state index contributed by atoms with van der Waals surface area (Å²) in [6, 6.07) is 0. The zero-order chi connectivity index (χ0) is 17.5. The van der Waals surface area contributed by atoms with Gasteiger partial charge in [-0.25, -0.2) is 9.78 Å². The van der Waals surface area contributed by atoms with Crippen LogP contribution in [0.2, 0.25) is 0 Å². The fourth-order valence-corrected chi connectivity index (χ4v) is 4.37. The summed E-state index contributed by atoms with van der Waals surface area (Å²) in [5, 5.41) is 0. The predicted octanol–water partition coefficient (Wildman–Crippen LogP) is 2.39. The minimum Gasteiger partial charge on any atom is -0.432 e. The molecular weight excluding hydrogens is 261 g/mol. The number of hydrogen-bond donors (Lipinski definition) is 0. The Bertz CT molecular complexity index is 583. The summed E-state index contributed by atoms with van der Waals surface area (Å²) < 4.78 is 43.3. The van der Waals surface area contributed by atoms with Gasteiger partial charge in [-0.15, -0.1) is 0 Å². The molecular formula is C15H22O5. The third-order valence-electron chi connectivity index (χ3n) is 5.50. The van der Waals surface area contributed by atoms with Crippen LogP contribution in [-0.2, 0) is 24.0 Å². The molecule has 5 aliphatic rings. The average molecular weight is 287 g/mol. The third-order valence-corrected chi connectivity index (χ3v) is 5.50. The van der Waals surface area contributed by atoms with E-state index in [0.29, 0.717) is 19.3 Å². The van der Waals surface area contributed by atoms with E-state index >= 15 is 0 Å². The Morgan fingerprint density at radius 2 is 2.15 bits per heavy atom. The fourth-order valence-electron chi connectivity index (χ4n) is 4.37. The molecule has 4 aliphatic heterocycles. The zero-order valence-corrected chi connectivity index (χ0v) is 11.7. The van der Waals surface area contributed by atoms with Crippen molar-refractivity contribution in [3.05, 3.63) is 0 Å². The van der Waals surface area contributed by atoms with E-state index in [1.807, 2.05) is 0 Å². The topological polar surface area (TPSA) is 54.0 Å². The second kappa shape index (κ2) is 3.96. The van der Waals surface area contributed by atoms with Gasteiger partial charge in [0.2, 0.25) is 12.1 Å². The van der Waals surface area contributed by atoms with Crippen molar-refractivity contribution >= 4 is 5.97 Å². The van der Waals surface area contributed by atoms with Gasteiger partial charge in [-0.3, -0.25) is 4.79 Å². The smallest absolute Gasteiger partial charge is 0.311 e. The largest absolute Gasteiger partial charge is 0.432 e. The van der Waals surface area contributed by atoms with Crippen LogP contribution in [-0.4, -0.2) is 23.6 Å². The molecule has 0 aromatic carbocycles. The summed E-state index contributed by atoms with van der Waals surface area (Å²) in [6.45, 7) is 0.974. The number of ether oxygens (including phenoxy) is 2. The van der Waals surface area contributed by atoms with Gasteiger partial charge in [0.15, 0.2) is 5.60 Å². The van der Waals surface area contributed by atoms with Crippen LogP contribution in [0.1, 0.15) is 51.9 Å². The number of esters is 1. The van der Waals surface area contributed by atoms with E-state index in [-0.39, 0.29) is 11.8 Å². The fraction of sp³-hybridized carbons (Fsp3) is 0.933. The number of rotatable bonds is 0. The first-order chi connectivity index (χ1) is 11.0. The lowest BCUT2D eigenvalue weighted by Crippen LogP contribution is -2.69. The maximum absolute atomic E-state index is 12.5. The van der Waals surface area contributed by atoms with Gasteiger partial charge in [0, 0.05) is 23.7 Å². The Labute approximate surface area is 124 Å². The first kappa shape index (κ1) is 9.38. The Kier molecular flexibility index (Phi) is 1.86. The second-order valence-electron chi connectivity index (χ2n) is 6.68. The van der Waals surface area contributed by atoms with E-state index in [9.17, 15) is 4.79 Å². The maximum Gasteiger partial charge on any atom is 0.311 e. The van der Waals surface area contributed by atoms with Crippen LogP contribution in [0, 0.1) is 23.6 Å². The zero-order valence-electron chi connectivity index (χ0n) is 15.7. The second-order valence-corrected chi connectivity index (χ2v) is 6.68. The SMILES string of the molecule is [2H][C@]1([13C]([2H])([2H])[2H])C(=O)O[C@@H]2OC3(C)CC[C@H]4[C@H](C)CC[C@@H]1[C@@]24OO3. The molecule has 7 atom stereocenters. The molecule has 0 aromatic rings. The standard InChI is InChI=1S/C15H22O5/c1-8-4-5-11-9(2)12(16)17-13-15(11)10(8)6-7-14(3,18-13)19-20-15/h8-11,13H,4-7H2,1-3H3/t8-,9-,10+,11+,13-,14?,15-/m1/s1/i2+1D3,9D. The summed E-state index contributed by atoms with van der Waals surface area (Å²) in [5.41, 5.74) is -1.24. The summed E-state index contributed by atoms with van der Waals surface area (Å²) in [5.74, 6) is -5.20. The van der Waals surface area contributed by atoms with Crippen LogP contribution in [0.4, 0.5) is 0 Å². The first-order valence-electron chi connectivity index (χ1n) is 9.30. The van der Waals surface area contributed by atoms with Crippen molar-refractivity contribution in [2.24, 2.45) is 23.6 Å². The Morgan fingerprint density at radius 3 is 2.95 bits per heavy atom. The number of fused-ring (bicyclic) bond motifs is 2. The Balaban J connectivity index is 1.89. The normalized spacial score (nSPS) is 65.0. The third kappa shape index (κ3) is 1.46. The molecule has 5 rings (SSSR count). The predicted molar refractivity (Wildman–Crippen MR) is 68.0 cm³/mol. The number of carbonyl (C=O) groups excluding carboxylic acids is 1. The molecule has 2 bridgehead atoms. The van der Waals surface area contributed by atoms with Crippen LogP contribution in [0.25, 0.3) is 0 Å². The van der Waals surface area contributed by atoms with Gasteiger partial charge in [0.1, 0.15) is 0 Å². The Hall–Kier alpha value is -0.650. The van der Waals surface area contributed by atoms with Crippen molar-refractivity contribution in [1.82, 2.24) is 0 Å². The summed E-state index contributed by atoms with van der Waals surface area (Å²) in [7, 11) is 0. The Morgan fingerprint density at radius 1 is 1.30 bits per heavy atom. The average Bonchev–Trinajstić information content (AvgIpc) is 2.70. The van der Waals surface area contributed by atoms with E-state index in [0.717, 1.165) is 6.42 Å². The van der Waals surface area contributed by atoms with Crippen LogP contribution in [0.15, 0.2) is 0 Å². The molecule has 4 heterocycles. The van der Waals surface area contributed by atoms with Crippen LogP contribution >= 0.6 is 0 Å². The van der Waals surface area contributed by atoms with Gasteiger partial charge in [-0.2, -0.15) is 0 Å². The molecule has 1 unspecified atom stereocenters. The van der Waals surface area contributed by atoms with Crippen LogP contribution < -0.4 is 0 Å². The molecule has 1 spiro atoms. The molecule has 20 heavy (non-hydrogen) atoms. The highest BCUT2D eigenvalue weighted by Crippen LogP contribution is 2.59. The van der Waals surface area contributed by atoms with Crippen molar-refractivity contribution in [3.8, 4) is 0 Å². The number of carbonyl (C=O) groups is 1. The highest BCUT2D eigenvalue weighted by Gasteiger charge is 2.69. The molecule has 0 radical (unpaired) electrons. The van der Waals surface area contributed by atoms with E-state index in [4.69, 9.17) is 24.7 Å². The first-order valence-corrected chi connectivity index (χ1v) is 7.30. The monoisotopic (exact) mass is 287 g/mol. The summed E-state index contributed by atoms with van der Waals surface area (Å²) >= 11 is 0. The van der Waals surface area contributed by atoms with Crippen molar-refractivity contribution in [3.63, 3.8) is 0 Å². The van der Waals surface area contributed by atoms with Crippen molar-refractivity contribution in [2.45, 2.75) is 64.1 Å². The van der Waals surface area contributed by atoms with Gasteiger partial charge in [0.05, 0.1) is 5.89 Å². The van der Waals surface area contributed by atoms with Crippen molar-refractivity contribution in [2.75, 3.05) is 0 Å².